The first kappa shape index (κ1) is 19.0. The molecule has 28 heavy (non-hydrogen) atoms. The zero-order valence-electron chi connectivity index (χ0n) is 16.1. The van der Waals surface area contributed by atoms with Gasteiger partial charge in [0.15, 0.2) is 0 Å². The molecule has 4 rings (SSSR count). The third kappa shape index (κ3) is 3.54. The number of anilines is 1. The number of H-pyrrole nitrogens is 1. The van der Waals surface area contributed by atoms with Gasteiger partial charge in [0, 0.05) is 59.0 Å². The number of hydrogen-bond acceptors (Lipinski definition) is 3. The van der Waals surface area contributed by atoms with Crippen molar-refractivity contribution in [1.82, 2.24) is 9.88 Å². The summed E-state index contributed by atoms with van der Waals surface area (Å²) in [4.78, 5) is 19.8. The molecule has 3 aromatic rings. The van der Waals surface area contributed by atoms with Crippen LogP contribution >= 0.6 is 15.9 Å². The van der Waals surface area contributed by atoms with Gasteiger partial charge in [0.1, 0.15) is 6.04 Å². The number of aromatic amines is 1. The quantitative estimate of drug-likeness (QED) is 0.625. The van der Waals surface area contributed by atoms with E-state index in [1.807, 2.05) is 24.4 Å². The van der Waals surface area contributed by atoms with Crippen LogP contribution in [0.4, 0.5) is 5.69 Å². The van der Waals surface area contributed by atoms with Crippen molar-refractivity contribution in [2.24, 2.45) is 0 Å². The molecule has 1 atom stereocenters. The lowest BCUT2D eigenvalue weighted by atomic mass is 10.0. The van der Waals surface area contributed by atoms with Crippen molar-refractivity contribution in [3.05, 3.63) is 63.8 Å². The number of hydrogen-bond donors (Lipinski definition) is 2. The van der Waals surface area contributed by atoms with Crippen molar-refractivity contribution in [2.75, 3.05) is 31.1 Å². The van der Waals surface area contributed by atoms with Crippen LogP contribution in [0.25, 0.3) is 10.9 Å². The summed E-state index contributed by atoms with van der Waals surface area (Å²) in [6.45, 7) is 7.31. The average molecular weight is 442 g/mol. The molecule has 2 N–H and O–H groups in total. The molecule has 1 saturated heterocycles. The summed E-state index contributed by atoms with van der Waals surface area (Å²) in [5, 5.41) is 11.0. The number of fused-ring (bicyclic) bond motifs is 1. The molecule has 0 saturated carbocycles. The van der Waals surface area contributed by atoms with Gasteiger partial charge >= 0.3 is 5.97 Å². The number of aryl methyl sites for hydroxylation is 2. The first-order valence-electron chi connectivity index (χ1n) is 9.49. The summed E-state index contributed by atoms with van der Waals surface area (Å²) in [6.07, 6.45) is 1.84. The van der Waals surface area contributed by atoms with E-state index in [9.17, 15) is 9.90 Å². The van der Waals surface area contributed by atoms with Gasteiger partial charge in [0.25, 0.3) is 0 Å². The molecule has 1 aliphatic heterocycles. The molecule has 1 aromatic heterocycles. The molecule has 0 amide bonds. The number of carboxylic acids is 1. The SMILES string of the molecule is Cc1ccc(N2CCN([C@@H](C(=O)O)c3c[nH]c4ccc(Br)cc34)CC2)c(C)c1. The molecule has 6 heteroatoms. The molecule has 146 valence electrons. The minimum Gasteiger partial charge on any atom is -0.480 e. The molecule has 0 aliphatic carbocycles. The van der Waals surface area contributed by atoms with E-state index in [-0.39, 0.29) is 0 Å². The van der Waals surface area contributed by atoms with E-state index in [0.29, 0.717) is 13.1 Å². The molecule has 2 aromatic carbocycles. The van der Waals surface area contributed by atoms with Crippen molar-refractivity contribution >= 4 is 38.5 Å². The molecule has 0 bridgehead atoms. The second-order valence-electron chi connectivity index (χ2n) is 7.49. The Morgan fingerprint density at radius 3 is 2.54 bits per heavy atom. The number of aliphatic carboxylic acids is 1. The molecule has 0 radical (unpaired) electrons. The predicted molar refractivity (Wildman–Crippen MR) is 116 cm³/mol. The van der Waals surface area contributed by atoms with Crippen molar-refractivity contribution in [3.8, 4) is 0 Å². The Balaban J connectivity index is 1.57. The minimum absolute atomic E-state index is 0.649. The maximum atomic E-state index is 12.2. The van der Waals surface area contributed by atoms with Gasteiger partial charge in [0.2, 0.25) is 0 Å². The number of nitrogens with zero attached hydrogens (tertiary/aromatic N) is 2. The molecule has 0 spiro atoms. The largest absolute Gasteiger partial charge is 0.480 e. The van der Waals surface area contributed by atoms with E-state index in [4.69, 9.17) is 0 Å². The minimum atomic E-state index is -0.805. The zero-order chi connectivity index (χ0) is 19.8. The maximum absolute atomic E-state index is 12.2. The number of aromatic nitrogens is 1. The molecular formula is C22H24BrN3O2. The predicted octanol–water partition coefficient (Wildman–Crippen LogP) is 4.50. The van der Waals surface area contributed by atoms with E-state index in [2.05, 4.69) is 62.8 Å². The summed E-state index contributed by atoms with van der Waals surface area (Å²) in [7, 11) is 0. The van der Waals surface area contributed by atoms with Crippen molar-refractivity contribution in [2.45, 2.75) is 19.9 Å². The van der Waals surface area contributed by atoms with Gasteiger partial charge in [-0.05, 0) is 43.7 Å². The van der Waals surface area contributed by atoms with E-state index in [1.54, 1.807) is 0 Å². The van der Waals surface area contributed by atoms with Crippen molar-refractivity contribution < 1.29 is 9.90 Å². The molecule has 5 nitrogen and oxygen atoms in total. The first-order valence-corrected chi connectivity index (χ1v) is 10.3. The monoisotopic (exact) mass is 441 g/mol. The topological polar surface area (TPSA) is 59.6 Å². The van der Waals surface area contributed by atoms with Crippen LogP contribution in [0.3, 0.4) is 0 Å². The molecular weight excluding hydrogens is 418 g/mol. The van der Waals surface area contributed by atoms with E-state index < -0.39 is 12.0 Å². The van der Waals surface area contributed by atoms with E-state index >= 15 is 0 Å². The van der Waals surface area contributed by atoms with Gasteiger partial charge in [0.05, 0.1) is 0 Å². The highest BCUT2D eigenvalue weighted by atomic mass is 79.9. The van der Waals surface area contributed by atoms with Crippen LogP contribution < -0.4 is 4.90 Å². The number of carbonyl (C=O) groups is 1. The summed E-state index contributed by atoms with van der Waals surface area (Å²) in [5.74, 6) is -0.805. The Morgan fingerprint density at radius 2 is 1.86 bits per heavy atom. The number of halogens is 1. The molecule has 0 unspecified atom stereocenters. The summed E-state index contributed by atoms with van der Waals surface area (Å²) in [5.41, 5.74) is 5.55. The third-order valence-electron chi connectivity index (χ3n) is 5.58. The Labute approximate surface area is 173 Å². The Bertz CT molecular complexity index is 1020. The highest BCUT2D eigenvalue weighted by Crippen LogP contribution is 2.32. The van der Waals surface area contributed by atoms with Crippen LogP contribution in [-0.4, -0.2) is 47.1 Å². The molecule has 2 heterocycles. The fourth-order valence-corrected chi connectivity index (χ4v) is 4.57. The molecule has 1 aliphatic rings. The second-order valence-corrected chi connectivity index (χ2v) is 8.40. The van der Waals surface area contributed by atoms with Crippen LogP contribution in [0.15, 0.2) is 47.1 Å². The highest BCUT2D eigenvalue weighted by molar-refractivity contribution is 9.10. The van der Waals surface area contributed by atoms with Gasteiger partial charge < -0.3 is 15.0 Å². The van der Waals surface area contributed by atoms with Crippen LogP contribution in [0.2, 0.25) is 0 Å². The first-order chi connectivity index (χ1) is 13.4. The number of rotatable bonds is 4. The average Bonchev–Trinajstić information content (AvgIpc) is 3.05. The lowest BCUT2D eigenvalue weighted by Crippen LogP contribution is -2.49. The Hall–Kier alpha value is -2.31. The van der Waals surface area contributed by atoms with Gasteiger partial charge in [-0.15, -0.1) is 0 Å². The number of piperazine rings is 1. The fraction of sp³-hybridized carbons (Fsp3) is 0.318. The molecule has 1 fully saturated rings. The van der Waals surface area contributed by atoms with Gasteiger partial charge in [-0.1, -0.05) is 33.6 Å². The second kappa shape index (κ2) is 7.60. The van der Waals surface area contributed by atoms with E-state index in [1.165, 1.54) is 16.8 Å². The number of benzene rings is 2. The number of carboxylic acid groups (broad SMARTS) is 1. The summed E-state index contributed by atoms with van der Waals surface area (Å²) < 4.78 is 0.949. The lowest BCUT2D eigenvalue weighted by Gasteiger charge is -2.39. The van der Waals surface area contributed by atoms with E-state index in [0.717, 1.165) is 34.0 Å². The third-order valence-corrected chi connectivity index (χ3v) is 6.07. The van der Waals surface area contributed by atoms with Gasteiger partial charge in [-0.2, -0.15) is 0 Å². The fourth-order valence-electron chi connectivity index (χ4n) is 4.21. The summed E-state index contributed by atoms with van der Waals surface area (Å²) >= 11 is 3.50. The van der Waals surface area contributed by atoms with Crippen LogP contribution in [0.1, 0.15) is 22.7 Å². The van der Waals surface area contributed by atoms with Crippen LogP contribution in [0.5, 0.6) is 0 Å². The number of nitrogens with one attached hydrogen (secondary N) is 1. The smallest absolute Gasteiger partial charge is 0.325 e. The highest BCUT2D eigenvalue weighted by Gasteiger charge is 2.32. The standard InChI is InChI=1S/C22H24BrN3O2/c1-14-3-6-20(15(2)11-14)25-7-9-26(10-8-25)21(22(27)28)18-13-24-19-5-4-16(23)12-17(18)19/h3-6,11-13,21,24H,7-10H2,1-2H3,(H,27,28)/t21-/m1/s1. The lowest BCUT2D eigenvalue weighted by molar-refractivity contribution is -0.143. The summed E-state index contributed by atoms with van der Waals surface area (Å²) in [6, 6.07) is 11.8. The Kier molecular flexibility index (Phi) is 5.17. The zero-order valence-corrected chi connectivity index (χ0v) is 17.7. The normalized spacial score (nSPS) is 16.5. The van der Waals surface area contributed by atoms with Gasteiger partial charge in [-0.25, -0.2) is 0 Å². The maximum Gasteiger partial charge on any atom is 0.325 e. The van der Waals surface area contributed by atoms with Crippen molar-refractivity contribution in [3.63, 3.8) is 0 Å². The Morgan fingerprint density at radius 1 is 1.11 bits per heavy atom. The van der Waals surface area contributed by atoms with Crippen LogP contribution in [-0.2, 0) is 4.79 Å². The van der Waals surface area contributed by atoms with Gasteiger partial charge in [-0.3, -0.25) is 9.69 Å². The van der Waals surface area contributed by atoms with Crippen molar-refractivity contribution in [1.29, 1.82) is 0 Å². The van der Waals surface area contributed by atoms with Crippen LogP contribution in [0, 0.1) is 13.8 Å².